The van der Waals surface area contributed by atoms with Crippen LogP contribution in [-0.4, -0.2) is 5.97 Å². The highest BCUT2D eigenvalue weighted by Crippen LogP contribution is 2.14. The van der Waals surface area contributed by atoms with Crippen molar-refractivity contribution in [3.05, 3.63) is 24.5 Å². The van der Waals surface area contributed by atoms with Gasteiger partial charge in [-0.25, -0.2) is 4.79 Å². The lowest BCUT2D eigenvalue weighted by molar-refractivity contribution is -0.133. The molecule has 0 N–H and O–H groups in total. The Kier molecular flexibility index (Phi) is 3.74. The van der Waals surface area contributed by atoms with Gasteiger partial charge < -0.3 is 4.74 Å². The van der Waals surface area contributed by atoms with Crippen molar-refractivity contribution in [1.29, 1.82) is 0 Å². The van der Waals surface area contributed by atoms with Gasteiger partial charge in [0.2, 0.25) is 0 Å². The van der Waals surface area contributed by atoms with Crippen molar-refractivity contribution in [1.82, 2.24) is 0 Å². The van der Waals surface area contributed by atoms with Gasteiger partial charge in [-0.1, -0.05) is 27.4 Å². The van der Waals surface area contributed by atoms with Gasteiger partial charge in [-0.15, -0.1) is 0 Å². The lowest BCUT2D eigenvalue weighted by Crippen LogP contribution is -2.02. The van der Waals surface area contributed by atoms with Gasteiger partial charge in [-0.2, -0.15) is 0 Å². The molecule has 0 unspecified atom stereocenters. The molecular formula is C10H16O2. The molecule has 0 saturated heterocycles. The molecule has 2 nitrogen and oxygen atoms in total. The number of carbonyl (C=O) groups is 1. The molecule has 0 aliphatic carbocycles. The van der Waals surface area contributed by atoms with E-state index in [1.165, 1.54) is 6.26 Å². The van der Waals surface area contributed by atoms with E-state index in [-0.39, 0.29) is 11.4 Å². The van der Waals surface area contributed by atoms with Crippen LogP contribution in [0.1, 0.15) is 27.7 Å². The second-order valence-corrected chi connectivity index (χ2v) is 3.85. The summed E-state index contributed by atoms with van der Waals surface area (Å²) in [7, 11) is 0. The Hall–Kier alpha value is -1.05. The second kappa shape index (κ2) is 4.10. The molecule has 68 valence electrons. The molecule has 0 aliphatic rings. The fourth-order valence-electron chi connectivity index (χ4n) is 0.401. The van der Waals surface area contributed by atoms with E-state index in [1.54, 1.807) is 6.92 Å². The number of carbonyl (C=O) groups excluding carboxylic acids is 1. The molecule has 0 spiro atoms. The second-order valence-electron chi connectivity index (χ2n) is 3.85. The third-order valence-corrected chi connectivity index (χ3v) is 1.09. The maximum absolute atomic E-state index is 10.9. The first-order valence-corrected chi connectivity index (χ1v) is 3.87. The van der Waals surface area contributed by atoms with Crippen molar-refractivity contribution in [2.45, 2.75) is 27.7 Å². The Morgan fingerprint density at radius 1 is 1.42 bits per heavy atom. The summed E-state index contributed by atoms with van der Waals surface area (Å²) in [4.78, 5) is 10.9. The van der Waals surface area contributed by atoms with Crippen LogP contribution in [0.4, 0.5) is 0 Å². The van der Waals surface area contributed by atoms with Crippen molar-refractivity contribution in [3.8, 4) is 0 Å². The number of allylic oxidation sites excluding steroid dienone is 1. The smallest absolute Gasteiger partial charge is 0.337 e. The summed E-state index contributed by atoms with van der Waals surface area (Å²) in [5.74, 6) is -0.379. The third kappa shape index (κ3) is 5.71. The summed E-state index contributed by atoms with van der Waals surface area (Å²) in [6.07, 6.45) is 3.24. The molecule has 0 aromatic rings. The largest absolute Gasteiger partial charge is 0.431 e. The average Bonchev–Trinajstić information content (AvgIpc) is 1.84. The molecule has 0 atom stereocenters. The number of rotatable bonds is 2. The summed E-state index contributed by atoms with van der Waals surface area (Å²) in [5, 5.41) is 0. The summed E-state index contributed by atoms with van der Waals surface area (Å²) in [6.45, 7) is 11.2. The van der Waals surface area contributed by atoms with E-state index >= 15 is 0 Å². The van der Waals surface area contributed by atoms with Crippen LogP contribution in [-0.2, 0) is 9.53 Å². The molecule has 0 fully saturated rings. The molecule has 0 amide bonds. The molecule has 0 aromatic carbocycles. The van der Waals surface area contributed by atoms with Crippen LogP contribution in [0.15, 0.2) is 24.5 Å². The van der Waals surface area contributed by atoms with E-state index in [1.807, 2.05) is 26.8 Å². The zero-order valence-electron chi connectivity index (χ0n) is 8.18. The van der Waals surface area contributed by atoms with Crippen LogP contribution < -0.4 is 0 Å². The molecule has 0 saturated carbocycles. The topological polar surface area (TPSA) is 26.3 Å². The van der Waals surface area contributed by atoms with Gasteiger partial charge in [0.1, 0.15) is 0 Å². The van der Waals surface area contributed by atoms with Gasteiger partial charge in [0, 0.05) is 5.57 Å². The minimum absolute atomic E-state index is 0.0371. The van der Waals surface area contributed by atoms with Crippen LogP contribution in [0.3, 0.4) is 0 Å². The minimum Gasteiger partial charge on any atom is -0.431 e. The maximum Gasteiger partial charge on any atom is 0.337 e. The summed E-state index contributed by atoms with van der Waals surface area (Å²) in [5.41, 5.74) is 0.448. The SMILES string of the molecule is C=C(C)C(=O)OC=CC(C)(C)C. The van der Waals surface area contributed by atoms with E-state index in [9.17, 15) is 4.79 Å². The van der Waals surface area contributed by atoms with Crippen molar-refractivity contribution in [2.24, 2.45) is 5.41 Å². The maximum atomic E-state index is 10.9. The van der Waals surface area contributed by atoms with Gasteiger partial charge in [-0.3, -0.25) is 0 Å². The quantitative estimate of drug-likeness (QED) is 0.360. The Labute approximate surface area is 73.9 Å². The number of hydrogen-bond acceptors (Lipinski definition) is 2. The molecular weight excluding hydrogens is 152 g/mol. The molecule has 0 radical (unpaired) electrons. The lowest BCUT2D eigenvalue weighted by atomic mass is 9.97. The van der Waals surface area contributed by atoms with Crippen molar-refractivity contribution < 1.29 is 9.53 Å². The standard InChI is InChI=1S/C10H16O2/c1-8(2)9(11)12-7-6-10(3,4)5/h6-7H,1H2,2-5H3. The van der Waals surface area contributed by atoms with E-state index < -0.39 is 0 Å². The van der Waals surface area contributed by atoms with Crippen molar-refractivity contribution in [3.63, 3.8) is 0 Å². The fourth-order valence-corrected chi connectivity index (χ4v) is 0.401. The van der Waals surface area contributed by atoms with Gasteiger partial charge >= 0.3 is 5.97 Å². The first-order valence-electron chi connectivity index (χ1n) is 3.87. The molecule has 2 heteroatoms. The monoisotopic (exact) mass is 168 g/mol. The summed E-state index contributed by atoms with van der Waals surface area (Å²) in [6, 6.07) is 0. The van der Waals surface area contributed by atoms with Gasteiger partial charge in [0.05, 0.1) is 6.26 Å². The van der Waals surface area contributed by atoms with E-state index in [4.69, 9.17) is 4.74 Å². The summed E-state index contributed by atoms with van der Waals surface area (Å²) >= 11 is 0. The van der Waals surface area contributed by atoms with Crippen LogP contribution >= 0.6 is 0 Å². The number of hydrogen-bond donors (Lipinski definition) is 0. The predicted molar refractivity (Wildman–Crippen MR) is 49.5 cm³/mol. The average molecular weight is 168 g/mol. The van der Waals surface area contributed by atoms with Crippen LogP contribution in [0.2, 0.25) is 0 Å². The Bertz CT molecular complexity index is 206. The highest BCUT2D eigenvalue weighted by molar-refractivity contribution is 5.87. The lowest BCUT2D eigenvalue weighted by Gasteiger charge is -2.10. The Morgan fingerprint density at radius 3 is 2.25 bits per heavy atom. The highest BCUT2D eigenvalue weighted by Gasteiger charge is 2.05. The van der Waals surface area contributed by atoms with E-state index in [2.05, 4.69) is 6.58 Å². The molecule has 0 rings (SSSR count). The van der Waals surface area contributed by atoms with Crippen LogP contribution in [0.25, 0.3) is 0 Å². The molecule has 0 aromatic heterocycles. The van der Waals surface area contributed by atoms with Crippen LogP contribution in [0.5, 0.6) is 0 Å². The molecule has 0 aliphatic heterocycles. The molecule has 0 bridgehead atoms. The first kappa shape index (κ1) is 11.0. The van der Waals surface area contributed by atoms with Gasteiger partial charge in [0.15, 0.2) is 0 Å². The first-order chi connectivity index (χ1) is 5.33. The van der Waals surface area contributed by atoms with E-state index in [0.29, 0.717) is 5.57 Å². The third-order valence-electron chi connectivity index (χ3n) is 1.09. The summed E-state index contributed by atoms with van der Waals surface area (Å²) < 4.78 is 4.76. The van der Waals surface area contributed by atoms with Crippen molar-refractivity contribution >= 4 is 5.97 Å². The number of ether oxygens (including phenoxy) is 1. The van der Waals surface area contributed by atoms with E-state index in [0.717, 1.165) is 0 Å². The van der Waals surface area contributed by atoms with Crippen LogP contribution in [0, 0.1) is 5.41 Å². The fraction of sp³-hybridized carbons (Fsp3) is 0.500. The minimum atomic E-state index is -0.379. The number of esters is 1. The Morgan fingerprint density at radius 2 is 1.92 bits per heavy atom. The van der Waals surface area contributed by atoms with Gasteiger partial charge in [0.25, 0.3) is 0 Å². The predicted octanol–water partition coefficient (Wildman–Crippen LogP) is 2.67. The van der Waals surface area contributed by atoms with Crippen molar-refractivity contribution in [2.75, 3.05) is 0 Å². The molecule has 0 heterocycles. The molecule has 12 heavy (non-hydrogen) atoms. The Balaban J connectivity index is 3.92. The highest BCUT2D eigenvalue weighted by atomic mass is 16.5. The van der Waals surface area contributed by atoms with Gasteiger partial charge in [-0.05, 0) is 18.4 Å². The zero-order chi connectivity index (χ0) is 9.78. The normalized spacial score (nSPS) is 11.7. The zero-order valence-corrected chi connectivity index (χ0v) is 8.18.